The highest BCUT2D eigenvalue weighted by molar-refractivity contribution is 8.01. The molecule has 1 aromatic carbocycles. The lowest BCUT2D eigenvalue weighted by Crippen LogP contribution is -2.07. The quantitative estimate of drug-likeness (QED) is 0.867. The van der Waals surface area contributed by atoms with Crippen LogP contribution in [0.5, 0.6) is 0 Å². The summed E-state index contributed by atoms with van der Waals surface area (Å²) in [5.41, 5.74) is 6.79. The van der Waals surface area contributed by atoms with Gasteiger partial charge in [0.1, 0.15) is 6.07 Å². The molecule has 2 N–H and O–H groups in total. The first-order valence-electron chi connectivity index (χ1n) is 5.08. The molecule has 2 aromatic rings. The first-order valence-corrected chi connectivity index (χ1v) is 6.72. The van der Waals surface area contributed by atoms with Crippen molar-refractivity contribution >= 4 is 33.9 Å². The fourth-order valence-electron chi connectivity index (χ4n) is 1.24. The summed E-state index contributed by atoms with van der Waals surface area (Å²) in [7, 11) is 3.83. The highest BCUT2D eigenvalue weighted by Crippen LogP contribution is 2.34. The zero-order chi connectivity index (χ0) is 13.1. The van der Waals surface area contributed by atoms with Gasteiger partial charge in [-0.25, -0.2) is 0 Å². The first kappa shape index (κ1) is 12.7. The topological polar surface area (TPSA) is 78.8 Å². The maximum Gasteiger partial charge on any atom is 0.208 e. The highest BCUT2D eigenvalue weighted by atomic mass is 32.2. The first-order chi connectivity index (χ1) is 8.60. The number of nitriles is 1. The smallest absolute Gasteiger partial charge is 0.208 e. The number of aromatic nitrogens is 2. The van der Waals surface area contributed by atoms with Crippen LogP contribution in [0.4, 0.5) is 10.8 Å². The summed E-state index contributed by atoms with van der Waals surface area (Å²) >= 11 is 2.91. The van der Waals surface area contributed by atoms with Crippen molar-refractivity contribution in [3.05, 3.63) is 23.8 Å². The van der Waals surface area contributed by atoms with Crippen LogP contribution in [-0.4, -0.2) is 24.3 Å². The van der Waals surface area contributed by atoms with Crippen LogP contribution in [0, 0.1) is 11.3 Å². The summed E-state index contributed by atoms with van der Waals surface area (Å²) < 4.78 is 0.806. The van der Waals surface area contributed by atoms with Gasteiger partial charge in [0, 0.05) is 24.7 Å². The van der Waals surface area contributed by atoms with Crippen LogP contribution in [0.15, 0.2) is 27.4 Å². The van der Waals surface area contributed by atoms with Crippen LogP contribution in [-0.2, 0) is 0 Å². The van der Waals surface area contributed by atoms with Gasteiger partial charge in [-0.05, 0) is 18.2 Å². The van der Waals surface area contributed by atoms with Crippen LogP contribution < -0.4 is 10.6 Å². The zero-order valence-corrected chi connectivity index (χ0v) is 11.5. The zero-order valence-electron chi connectivity index (χ0n) is 9.91. The molecule has 0 aliphatic carbocycles. The second kappa shape index (κ2) is 5.25. The molecule has 0 bridgehead atoms. The standard InChI is InChI=1S/C11H11N5S2/c1-16(2)10-14-15-11(18-10)17-9-4-3-8(13)5-7(9)6-12/h3-5H,13H2,1-2H3. The normalized spacial score (nSPS) is 10.1. The average Bonchev–Trinajstić information content (AvgIpc) is 2.80. The van der Waals surface area contributed by atoms with E-state index in [9.17, 15) is 0 Å². The molecule has 2 rings (SSSR count). The molecule has 0 atom stereocenters. The van der Waals surface area contributed by atoms with Gasteiger partial charge in [-0.3, -0.25) is 0 Å². The Labute approximate surface area is 113 Å². The number of hydrogen-bond acceptors (Lipinski definition) is 7. The van der Waals surface area contributed by atoms with Crippen LogP contribution >= 0.6 is 23.1 Å². The van der Waals surface area contributed by atoms with Gasteiger partial charge in [-0.1, -0.05) is 23.1 Å². The predicted molar refractivity (Wildman–Crippen MR) is 73.9 cm³/mol. The molecule has 1 heterocycles. The van der Waals surface area contributed by atoms with Crippen molar-refractivity contribution in [2.75, 3.05) is 24.7 Å². The van der Waals surface area contributed by atoms with Crippen LogP contribution in [0.3, 0.4) is 0 Å². The molecule has 0 amide bonds. The molecule has 5 nitrogen and oxygen atoms in total. The van der Waals surface area contributed by atoms with Crippen molar-refractivity contribution in [2.24, 2.45) is 0 Å². The monoisotopic (exact) mass is 277 g/mol. The molecule has 0 aliphatic rings. The highest BCUT2D eigenvalue weighted by Gasteiger charge is 2.10. The SMILES string of the molecule is CN(C)c1nnc(Sc2ccc(N)cc2C#N)s1. The third-order valence-electron chi connectivity index (χ3n) is 2.10. The Kier molecular flexibility index (Phi) is 3.69. The Morgan fingerprint density at radius 1 is 1.39 bits per heavy atom. The number of hydrogen-bond donors (Lipinski definition) is 1. The molecule has 0 radical (unpaired) electrons. The molecule has 18 heavy (non-hydrogen) atoms. The van der Waals surface area contributed by atoms with E-state index in [1.54, 1.807) is 12.1 Å². The molecular weight excluding hydrogens is 266 g/mol. The average molecular weight is 277 g/mol. The molecule has 0 unspecified atom stereocenters. The molecule has 1 aromatic heterocycles. The second-order valence-corrected chi connectivity index (χ2v) is 5.96. The number of anilines is 2. The van der Waals surface area contributed by atoms with Crippen LogP contribution in [0.1, 0.15) is 5.56 Å². The fraction of sp³-hybridized carbons (Fsp3) is 0.182. The van der Waals surface area contributed by atoms with Crippen molar-refractivity contribution in [3.8, 4) is 6.07 Å². The lowest BCUT2D eigenvalue weighted by Gasteiger charge is -2.04. The lowest BCUT2D eigenvalue weighted by molar-refractivity contribution is 0.972. The molecule has 0 saturated heterocycles. The fourth-order valence-corrected chi connectivity index (χ4v) is 3.02. The van der Waals surface area contributed by atoms with Gasteiger partial charge >= 0.3 is 0 Å². The molecule has 0 saturated carbocycles. The summed E-state index contributed by atoms with van der Waals surface area (Å²) in [4.78, 5) is 2.74. The maximum atomic E-state index is 9.05. The summed E-state index contributed by atoms with van der Waals surface area (Å²) in [5, 5.41) is 18.0. The van der Waals surface area contributed by atoms with E-state index in [0.29, 0.717) is 11.3 Å². The minimum absolute atomic E-state index is 0.557. The molecular formula is C11H11N5S2. The van der Waals surface area contributed by atoms with E-state index in [-0.39, 0.29) is 0 Å². The number of benzene rings is 1. The molecule has 92 valence electrons. The predicted octanol–water partition coefficient (Wildman–Crippen LogP) is 2.21. The van der Waals surface area contributed by atoms with Crippen LogP contribution in [0.25, 0.3) is 0 Å². The van der Waals surface area contributed by atoms with E-state index in [2.05, 4.69) is 16.3 Å². The van der Waals surface area contributed by atoms with E-state index in [0.717, 1.165) is 14.4 Å². The molecule has 0 spiro atoms. The summed E-state index contributed by atoms with van der Waals surface area (Å²) in [6, 6.07) is 7.40. The van der Waals surface area contributed by atoms with Gasteiger partial charge in [0.15, 0.2) is 4.34 Å². The summed E-state index contributed by atoms with van der Waals surface area (Å²) in [5.74, 6) is 0. The van der Waals surface area contributed by atoms with E-state index in [4.69, 9.17) is 11.0 Å². The minimum atomic E-state index is 0.557. The number of nitrogens with zero attached hydrogens (tertiary/aromatic N) is 4. The second-order valence-electron chi connectivity index (χ2n) is 3.71. The Hall–Kier alpha value is -1.78. The Bertz CT molecular complexity index is 600. The lowest BCUT2D eigenvalue weighted by atomic mass is 10.2. The van der Waals surface area contributed by atoms with E-state index >= 15 is 0 Å². The molecule has 0 fully saturated rings. The van der Waals surface area contributed by atoms with Crippen molar-refractivity contribution in [1.29, 1.82) is 5.26 Å². The van der Waals surface area contributed by atoms with Crippen molar-refractivity contribution in [2.45, 2.75) is 9.24 Å². The molecule has 0 aliphatic heterocycles. The van der Waals surface area contributed by atoms with Crippen LogP contribution in [0.2, 0.25) is 0 Å². The Morgan fingerprint density at radius 2 is 2.17 bits per heavy atom. The van der Waals surface area contributed by atoms with E-state index in [1.807, 2.05) is 25.1 Å². The Balaban J connectivity index is 2.26. The third kappa shape index (κ3) is 2.72. The van der Waals surface area contributed by atoms with Gasteiger partial charge in [-0.2, -0.15) is 5.26 Å². The summed E-state index contributed by atoms with van der Waals surface area (Å²) in [6.07, 6.45) is 0. The number of nitrogens with two attached hydrogens (primary N) is 1. The van der Waals surface area contributed by atoms with Gasteiger partial charge in [0.2, 0.25) is 5.13 Å². The van der Waals surface area contributed by atoms with Gasteiger partial charge < -0.3 is 10.6 Å². The number of rotatable bonds is 3. The minimum Gasteiger partial charge on any atom is -0.399 e. The van der Waals surface area contributed by atoms with Crippen molar-refractivity contribution in [1.82, 2.24) is 10.2 Å². The largest absolute Gasteiger partial charge is 0.399 e. The molecule has 7 heteroatoms. The van der Waals surface area contributed by atoms with Crippen molar-refractivity contribution in [3.63, 3.8) is 0 Å². The van der Waals surface area contributed by atoms with Gasteiger partial charge in [-0.15, -0.1) is 10.2 Å². The van der Waals surface area contributed by atoms with Gasteiger partial charge in [0.05, 0.1) is 5.56 Å². The summed E-state index contributed by atoms with van der Waals surface area (Å²) in [6.45, 7) is 0. The third-order valence-corrected chi connectivity index (χ3v) is 4.32. The van der Waals surface area contributed by atoms with Crippen molar-refractivity contribution < 1.29 is 0 Å². The van der Waals surface area contributed by atoms with E-state index in [1.165, 1.54) is 23.1 Å². The number of nitrogen functional groups attached to an aromatic ring is 1. The van der Waals surface area contributed by atoms with E-state index < -0.39 is 0 Å². The van der Waals surface area contributed by atoms with Gasteiger partial charge in [0.25, 0.3) is 0 Å². The maximum absolute atomic E-state index is 9.05. The Morgan fingerprint density at radius 3 is 2.78 bits per heavy atom.